The molecular weight excluding hydrogens is 456 g/mol. The molecule has 0 aliphatic carbocycles. The van der Waals surface area contributed by atoms with Gasteiger partial charge in [-0.3, -0.25) is 9.59 Å². The van der Waals surface area contributed by atoms with Crippen LogP contribution in [-0.2, 0) is 26.0 Å². The molecule has 34 heavy (non-hydrogen) atoms. The number of nitrogens with zero attached hydrogens (tertiary/aromatic N) is 1. The zero-order chi connectivity index (χ0) is 24.6. The Hall–Kier alpha value is -3.69. The largest absolute Gasteiger partial charge is 0.464 e. The summed E-state index contributed by atoms with van der Waals surface area (Å²) in [5.74, 6) is -0.856. The Morgan fingerprint density at radius 2 is 1.74 bits per heavy atom. The Bertz CT molecular complexity index is 1510. The van der Waals surface area contributed by atoms with Crippen LogP contribution in [0.2, 0.25) is 0 Å². The van der Waals surface area contributed by atoms with Crippen molar-refractivity contribution in [2.75, 3.05) is 6.61 Å². The predicted octanol–water partition coefficient (Wildman–Crippen LogP) is 3.76. The number of primary sulfonamides is 1. The van der Waals surface area contributed by atoms with E-state index >= 15 is 0 Å². The molecular formula is C25H24N2O6S. The van der Waals surface area contributed by atoms with Crippen LogP contribution in [0.5, 0.6) is 0 Å². The summed E-state index contributed by atoms with van der Waals surface area (Å²) >= 11 is 0. The van der Waals surface area contributed by atoms with E-state index in [1.807, 2.05) is 36.6 Å². The van der Waals surface area contributed by atoms with Crippen molar-refractivity contribution in [3.8, 4) is 5.69 Å². The zero-order valence-electron chi connectivity index (χ0n) is 19.0. The van der Waals surface area contributed by atoms with Gasteiger partial charge in [-0.25, -0.2) is 13.6 Å². The number of ketones is 1. The molecule has 0 saturated heterocycles. The highest BCUT2D eigenvalue weighted by molar-refractivity contribution is 7.89. The van der Waals surface area contributed by atoms with Gasteiger partial charge in [0, 0.05) is 33.6 Å². The SMILES string of the molecule is Cc1ccc2c(CC(=O)OCC(=O)c3cc(C)n(-c4ccc(S(N)(=O)=O)cc4)c3C)coc2c1. The highest BCUT2D eigenvalue weighted by Crippen LogP contribution is 2.24. The van der Waals surface area contributed by atoms with Gasteiger partial charge in [0.25, 0.3) is 0 Å². The molecule has 0 aliphatic heterocycles. The van der Waals surface area contributed by atoms with Crippen molar-refractivity contribution >= 4 is 32.7 Å². The van der Waals surface area contributed by atoms with E-state index in [1.54, 1.807) is 25.1 Å². The number of Topliss-reactive ketones (excluding diaryl/α,β-unsaturated/α-hetero) is 1. The molecule has 0 unspecified atom stereocenters. The van der Waals surface area contributed by atoms with Gasteiger partial charge >= 0.3 is 5.97 Å². The Morgan fingerprint density at radius 1 is 1.03 bits per heavy atom. The predicted molar refractivity (Wildman–Crippen MR) is 127 cm³/mol. The number of hydrogen-bond acceptors (Lipinski definition) is 6. The molecule has 0 spiro atoms. The van der Waals surface area contributed by atoms with E-state index in [-0.39, 0.29) is 23.7 Å². The first-order valence-electron chi connectivity index (χ1n) is 10.5. The van der Waals surface area contributed by atoms with Crippen LogP contribution in [0.25, 0.3) is 16.7 Å². The summed E-state index contributed by atoms with van der Waals surface area (Å²) < 4.78 is 35.6. The molecule has 0 radical (unpaired) electrons. The topological polar surface area (TPSA) is 122 Å². The number of carbonyl (C=O) groups excluding carboxylic acids is 2. The second-order valence-corrected chi connectivity index (χ2v) is 9.74. The number of furan rings is 1. The van der Waals surface area contributed by atoms with Crippen LogP contribution in [0.1, 0.15) is 32.9 Å². The highest BCUT2D eigenvalue weighted by atomic mass is 32.2. The minimum atomic E-state index is -3.80. The van der Waals surface area contributed by atoms with Crippen LogP contribution >= 0.6 is 0 Å². The third kappa shape index (κ3) is 4.66. The summed E-state index contributed by atoms with van der Waals surface area (Å²) in [6.45, 7) is 5.17. The standard InChI is InChI=1S/C25H24N2O6S/c1-15-4-9-21-18(13-32-24(21)10-15)12-25(29)33-14-23(28)22-11-16(2)27(17(22)3)19-5-7-20(8-6-19)34(26,30)31/h4-11,13H,12,14H2,1-3H3,(H2,26,30,31). The van der Waals surface area contributed by atoms with E-state index in [9.17, 15) is 18.0 Å². The lowest BCUT2D eigenvalue weighted by Gasteiger charge is -2.10. The first-order valence-corrected chi connectivity index (χ1v) is 12.1. The van der Waals surface area contributed by atoms with Crippen LogP contribution in [0, 0.1) is 20.8 Å². The monoisotopic (exact) mass is 480 g/mol. The van der Waals surface area contributed by atoms with Gasteiger partial charge in [-0.2, -0.15) is 0 Å². The van der Waals surface area contributed by atoms with Gasteiger partial charge in [0.1, 0.15) is 5.58 Å². The molecule has 0 fully saturated rings. The lowest BCUT2D eigenvalue weighted by Crippen LogP contribution is -2.16. The maximum Gasteiger partial charge on any atom is 0.310 e. The van der Waals surface area contributed by atoms with Crippen LogP contribution in [0.3, 0.4) is 0 Å². The molecule has 8 nitrogen and oxygen atoms in total. The van der Waals surface area contributed by atoms with E-state index in [0.717, 1.165) is 16.6 Å². The van der Waals surface area contributed by atoms with Gasteiger partial charge in [0.15, 0.2) is 6.61 Å². The lowest BCUT2D eigenvalue weighted by atomic mass is 10.1. The van der Waals surface area contributed by atoms with Gasteiger partial charge in [-0.15, -0.1) is 0 Å². The second-order valence-electron chi connectivity index (χ2n) is 8.18. The van der Waals surface area contributed by atoms with E-state index in [1.165, 1.54) is 18.4 Å². The molecule has 2 N–H and O–H groups in total. The number of aromatic nitrogens is 1. The van der Waals surface area contributed by atoms with Gasteiger partial charge in [0.2, 0.25) is 15.8 Å². The molecule has 4 rings (SSSR count). The number of sulfonamides is 1. The zero-order valence-corrected chi connectivity index (χ0v) is 19.8. The maximum absolute atomic E-state index is 12.8. The smallest absolute Gasteiger partial charge is 0.310 e. The number of hydrogen-bond donors (Lipinski definition) is 1. The molecule has 2 aromatic heterocycles. The normalized spacial score (nSPS) is 11.6. The molecule has 0 amide bonds. The van der Waals surface area contributed by atoms with Crippen molar-refractivity contribution in [2.45, 2.75) is 32.1 Å². The third-order valence-electron chi connectivity index (χ3n) is 5.67. The molecule has 2 aromatic carbocycles. The van der Waals surface area contributed by atoms with E-state index in [2.05, 4.69) is 0 Å². The van der Waals surface area contributed by atoms with Crippen molar-refractivity contribution < 1.29 is 27.2 Å². The van der Waals surface area contributed by atoms with E-state index in [0.29, 0.717) is 28.1 Å². The Labute approximate surface area is 197 Å². The lowest BCUT2D eigenvalue weighted by molar-refractivity contribution is -0.141. The molecule has 176 valence electrons. The third-order valence-corrected chi connectivity index (χ3v) is 6.59. The number of ether oxygens (including phenoxy) is 1. The van der Waals surface area contributed by atoms with Crippen molar-refractivity contribution in [1.29, 1.82) is 0 Å². The Morgan fingerprint density at radius 3 is 2.41 bits per heavy atom. The summed E-state index contributed by atoms with van der Waals surface area (Å²) in [5, 5.41) is 6.00. The maximum atomic E-state index is 12.8. The molecule has 4 aromatic rings. The number of nitrogens with two attached hydrogens (primary N) is 1. The average Bonchev–Trinajstić information content (AvgIpc) is 3.30. The number of esters is 1. The summed E-state index contributed by atoms with van der Waals surface area (Å²) in [4.78, 5) is 25.2. The summed E-state index contributed by atoms with van der Waals surface area (Å²) in [6, 6.07) is 13.5. The molecule has 9 heteroatoms. The number of rotatable bonds is 7. The summed E-state index contributed by atoms with van der Waals surface area (Å²) in [5.41, 5.74) is 4.98. The summed E-state index contributed by atoms with van der Waals surface area (Å²) in [7, 11) is -3.80. The van der Waals surface area contributed by atoms with Gasteiger partial charge in [0.05, 0.1) is 17.6 Å². The van der Waals surface area contributed by atoms with Gasteiger partial charge in [-0.05, 0) is 62.7 Å². The average molecular weight is 481 g/mol. The Balaban J connectivity index is 1.45. The molecule has 0 aliphatic rings. The molecule has 2 heterocycles. The quantitative estimate of drug-likeness (QED) is 0.317. The highest BCUT2D eigenvalue weighted by Gasteiger charge is 2.19. The van der Waals surface area contributed by atoms with E-state index in [4.69, 9.17) is 14.3 Å². The van der Waals surface area contributed by atoms with Crippen molar-refractivity contribution in [3.05, 3.63) is 82.9 Å². The molecule has 0 bridgehead atoms. The van der Waals surface area contributed by atoms with E-state index < -0.39 is 16.0 Å². The Kier molecular flexibility index (Phi) is 6.16. The van der Waals surface area contributed by atoms with Crippen molar-refractivity contribution in [2.24, 2.45) is 5.14 Å². The molecule has 0 atom stereocenters. The van der Waals surface area contributed by atoms with Crippen LogP contribution in [0.4, 0.5) is 0 Å². The number of fused-ring (bicyclic) bond motifs is 1. The fourth-order valence-corrected chi connectivity index (χ4v) is 4.50. The van der Waals surface area contributed by atoms with Crippen LogP contribution < -0.4 is 5.14 Å². The first kappa shape index (κ1) is 23.5. The van der Waals surface area contributed by atoms with Crippen molar-refractivity contribution in [1.82, 2.24) is 4.57 Å². The first-order chi connectivity index (χ1) is 16.0. The van der Waals surface area contributed by atoms with Crippen LogP contribution in [-0.4, -0.2) is 31.3 Å². The molecule has 0 saturated carbocycles. The minimum Gasteiger partial charge on any atom is -0.464 e. The fraction of sp³-hybridized carbons (Fsp3) is 0.200. The van der Waals surface area contributed by atoms with Crippen molar-refractivity contribution in [3.63, 3.8) is 0 Å². The number of aryl methyl sites for hydroxylation is 2. The van der Waals surface area contributed by atoms with Gasteiger partial charge < -0.3 is 13.7 Å². The summed E-state index contributed by atoms with van der Waals surface area (Å²) in [6.07, 6.45) is 1.53. The second kappa shape index (κ2) is 8.92. The number of benzene rings is 2. The van der Waals surface area contributed by atoms with Gasteiger partial charge in [-0.1, -0.05) is 12.1 Å². The minimum absolute atomic E-state index is 0.00123. The number of carbonyl (C=O) groups is 2. The van der Waals surface area contributed by atoms with Crippen LogP contribution in [0.15, 0.2) is 64.1 Å². The fourth-order valence-electron chi connectivity index (χ4n) is 3.98.